The van der Waals surface area contributed by atoms with Crippen LogP contribution in [0.25, 0.3) is 0 Å². The first kappa shape index (κ1) is 10.7. The van der Waals surface area contributed by atoms with Crippen LogP contribution >= 0.6 is 0 Å². The lowest BCUT2D eigenvalue weighted by Gasteiger charge is -2.33. The maximum atomic E-state index is 12.2. The third kappa shape index (κ3) is 1.32. The van der Waals surface area contributed by atoms with Crippen LogP contribution in [-0.4, -0.2) is 17.2 Å². The Morgan fingerprint density at radius 1 is 1.53 bits per heavy atom. The molecule has 2 rings (SSSR count). The normalized spacial score (nSPS) is 37.0. The maximum Gasteiger partial charge on any atom is 0.220 e. The predicted octanol–water partition coefficient (Wildman–Crippen LogP) is 1.66. The first-order valence-electron chi connectivity index (χ1n) is 5.78. The van der Waals surface area contributed by atoms with Crippen LogP contribution in [0.2, 0.25) is 0 Å². The molecule has 2 atom stereocenters. The fraction of sp³-hybridized carbons (Fsp3) is 0.833. The van der Waals surface area contributed by atoms with Gasteiger partial charge in [-0.1, -0.05) is 20.8 Å². The molecule has 15 heavy (non-hydrogen) atoms. The molecule has 0 radical (unpaired) electrons. The lowest BCUT2D eigenvalue weighted by atomic mass is 9.74. The third-order valence-corrected chi connectivity index (χ3v) is 4.25. The van der Waals surface area contributed by atoms with Crippen LogP contribution in [0.4, 0.5) is 0 Å². The number of ketones is 1. The van der Waals surface area contributed by atoms with Crippen molar-refractivity contribution in [2.45, 2.75) is 52.0 Å². The van der Waals surface area contributed by atoms with Crippen molar-refractivity contribution < 1.29 is 9.59 Å². The van der Waals surface area contributed by atoms with Gasteiger partial charge in [0, 0.05) is 11.8 Å². The summed E-state index contributed by atoms with van der Waals surface area (Å²) in [4.78, 5) is 23.7. The van der Waals surface area contributed by atoms with Gasteiger partial charge < -0.3 is 5.32 Å². The summed E-state index contributed by atoms with van der Waals surface area (Å²) >= 11 is 0. The molecule has 2 fully saturated rings. The third-order valence-electron chi connectivity index (χ3n) is 4.25. The number of carbonyl (C=O) groups is 2. The smallest absolute Gasteiger partial charge is 0.220 e. The standard InChI is InChI=1S/C12H19NO2/c1-4-9(14)13-12-6-5-8(7-12)11(2,3)10(12)15/h8H,4-7H2,1-3H3,(H,13,14)/t8-,12-/m0/s1. The van der Waals surface area contributed by atoms with E-state index >= 15 is 0 Å². The molecule has 0 unspecified atom stereocenters. The minimum Gasteiger partial charge on any atom is -0.344 e. The first-order chi connectivity index (χ1) is 6.92. The number of rotatable bonds is 2. The average Bonchev–Trinajstić information content (AvgIpc) is 2.67. The van der Waals surface area contributed by atoms with Crippen LogP contribution < -0.4 is 5.32 Å². The highest BCUT2D eigenvalue weighted by atomic mass is 16.2. The van der Waals surface area contributed by atoms with Crippen LogP contribution in [0.3, 0.4) is 0 Å². The molecular formula is C12H19NO2. The Kier molecular flexibility index (Phi) is 2.18. The zero-order valence-electron chi connectivity index (χ0n) is 9.72. The van der Waals surface area contributed by atoms with Crippen molar-refractivity contribution in [2.75, 3.05) is 0 Å². The van der Waals surface area contributed by atoms with E-state index in [9.17, 15) is 9.59 Å². The second-order valence-electron chi connectivity index (χ2n) is 5.47. The van der Waals surface area contributed by atoms with Crippen LogP contribution in [-0.2, 0) is 9.59 Å². The summed E-state index contributed by atoms with van der Waals surface area (Å²) < 4.78 is 0. The minimum atomic E-state index is -0.513. The van der Waals surface area contributed by atoms with Gasteiger partial charge in [-0.15, -0.1) is 0 Å². The number of nitrogens with one attached hydrogen (secondary N) is 1. The second kappa shape index (κ2) is 3.06. The molecule has 2 aliphatic carbocycles. The Labute approximate surface area is 90.6 Å². The fourth-order valence-electron chi connectivity index (χ4n) is 3.20. The van der Waals surface area contributed by atoms with E-state index < -0.39 is 5.54 Å². The minimum absolute atomic E-state index is 0.00157. The first-order valence-corrected chi connectivity index (χ1v) is 5.78. The molecule has 0 spiro atoms. The quantitative estimate of drug-likeness (QED) is 0.751. The topological polar surface area (TPSA) is 46.2 Å². The summed E-state index contributed by atoms with van der Waals surface area (Å²) in [5.41, 5.74) is -0.749. The lowest BCUT2D eigenvalue weighted by Crippen LogP contribution is -2.54. The predicted molar refractivity (Wildman–Crippen MR) is 57.3 cm³/mol. The van der Waals surface area contributed by atoms with Crippen molar-refractivity contribution >= 4 is 11.7 Å². The van der Waals surface area contributed by atoms with E-state index in [2.05, 4.69) is 5.32 Å². The van der Waals surface area contributed by atoms with Crippen LogP contribution in [0.1, 0.15) is 46.5 Å². The van der Waals surface area contributed by atoms with E-state index in [1.165, 1.54) is 0 Å². The van der Waals surface area contributed by atoms with Crippen molar-refractivity contribution in [3.63, 3.8) is 0 Å². The molecule has 0 aromatic carbocycles. The highest BCUT2D eigenvalue weighted by Gasteiger charge is 2.61. The van der Waals surface area contributed by atoms with Crippen molar-refractivity contribution in [3.8, 4) is 0 Å². The van der Waals surface area contributed by atoms with E-state index in [1.54, 1.807) is 0 Å². The molecule has 0 aliphatic heterocycles. The highest BCUT2D eigenvalue weighted by molar-refractivity contribution is 5.99. The van der Waals surface area contributed by atoms with Crippen molar-refractivity contribution in [3.05, 3.63) is 0 Å². The van der Waals surface area contributed by atoms with E-state index in [4.69, 9.17) is 0 Å². The zero-order chi connectivity index (χ0) is 11.3. The molecule has 2 aliphatic rings. The Morgan fingerprint density at radius 2 is 2.20 bits per heavy atom. The average molecular weight is 209 g/mol. The van der Waals surface area contributed by atoms with Gasteiger partial charge >= 0.3 is 0 Å². The SMILES string of the molecule is CCC(=O)N[C@@]12CC[C@@H](C1)C(C)(C)C2=O. The fourth-order valence-corrected chi connectivity index (χ4v) is 3.20. The molecule has 0 heterocycles. The number of amides is 1. The van der Waals surface area contributed by atoms with Gasteiger partial charge in [0.25, 0.3) is 0 Å². The van der Waals surface area contributed by atoms with Gasteiger partial charge in [0.15, 0.2) is 5.78 Å². The molecule has 1 amide bonds. The van der Waals surface area contributed by atoms with Crippen LogP contribution in [0, 0.1) is 11.3 Å². The summed E-state index contributed by atoms with van der Waals surface area (Å²) in [6, 6.07) is 0. The summed E-state index contributed by atoms with van der Waals surface area (Å²) in [7, 11) is 0. The van der Waals surface area contributed by atoms with E-state index in [1.807, 2.05) is 20.8 Å². The Hall–Kier alpha value is -0.860. The Morgan fingerprint density at radius 3 is 2.67 bits per heavy atom. The summed E-state index contributed by atoms with van der Waals surface area (Å²) in [6.45, 7) is 5.85. The summed E-state index contributed by atoms with van der Waals surface area (Å²) in [5.74, 6) is 0.705. The summed E-state index contributed by atoms with van der Waals surface area (Å²) in [6.07, 6.45) is 3.22. The van der Waals surface area contributed by atoms with Gasteiger partial charge in [0.05, 0.1) is 5.54 Å². The van der Waals surface area contributed by atoms with E-state index in [-0.39, 0.29) is 17.1 Å². The lowest BCUT2D eigenvalue weighted by molar-refractivity contribution is -0.136. The Bertz CT molecular complexity index is 322. The Balaban J connectivity index is 2.23. The van der Waals surface area contributed by atoms with Gasteiger partial charge in [-0.25, -0.2) is 0 Å². The second-order valence-corrected chi connectivity index (χ2v) is 5.47. The number of hydrogen-bond donors (Lipinski definition) is 1. The largest absolute Gasteiger partial charge is 0.344 e. The number of fused-ring (bicyclic) bond motifs is 2. The molecule has 2 saturated carbocycles. The number of Topliss-reactive ketones (excluding diaryl/α,β-unsaturated/α-hetero) is 1. The number of carbonyl (C=O) groups excluding carboxylic acids is 2. The van der Waals surface area contributed by atoms with Crippen molar-refractivity contribution in [1.82, 2.24) is 5.32 Å². The molecular weight excluding hydrogens is 190 g/mol. The molecule has 3 heteroatoms. The molecule has 3 nitrogen and oxygen atoms in total. The molecule has 84 valence electrons. The highest BCUT2D eigenvalue weighted by Crippen LogP contribution is 2.55. The molecule has 2 bridgehead atoms. The maximum absolute atomic E-state index is 12.2. The van der Waals surface area contributed by atoms with Crippen LogP contribution in [0.5, 0.6) is 0 Å². The number of hydrogen-bond acceptors (Lipinski definition) is 2. The van der Waals surface area contributed by atoms with Gasteiger partial charge in [-0.3, -0.25) is 9.59 Å². The van der Waals surface area contributed by atoms with E-state index in [0.717, 1.165) is 19.3 Å². The summed E-state index contributed by atoms with van der Waals surface area (Å²) in [5, 5.41) is 2.95. The van der Waals surface area contributed by atoms with Crippen LogP contribution in [0.15, 0.2) is 0 Å². The van der Waals surface area contributed by atoms with E-state index in [0.29, 0.717) is 12.3 Å². The van der Waals surface area contributed by atoms with Gasteiger partial charge in [0.2, 0.25) is 5.91 Å². The molecule has 0 aromatic rings. The van der Waals surface area contributed by atoms with Gasteiger partial charge in [0.1, 0.15) is 0 Å². The van der Waals surface area contributed by atoms with Gasteiger partial charge in [-0.05, 0) is 25.2 Å². The zero-order valence-corrected chi connectivity index (χ0v) is 9.72. The van der Waals surface area contributed by atoms with Gasteiger partial charge in [-0.2, -0.15) is 0 Å². The molecule has 0 saturated heterocycles. The van der Waals surface area contributed by atoms with Crippen molar-refractivity contribution in [1.29, 1.82) is 0 Å². The van der Waals surface area contributed by atoms with Crippen molar-refractivity contribution in [2.24, 2.45) is 11.3 Å². The molecule has 0 aromatic heterocycles. The monoisotopic (exact) mass is 209 g/mol. The molecule has 1 N–H and O–H groups in total.